The van der Waals surface area contributed by atoms with Gasteiger partial charge < -0.3 is 9.32 Å². The first-order valence-electron chi connectivity index (χ1n) is 7.73. The minimum absolute atomic E-state index is 0.0334. The summed E-state index contributed by atoms with van der Waals surface area (Å²) in [7, 11) is 0. The van der Waals surface area contributed by atoms with Gasteiger partial charge in [0, 0.05) is 23.9 Å². The van der Waals surface area contributed by atoms with Gasteiger partial charge in [0.05, 0.1) is 10.8 Å². The van der Waals surface area contributed by atoms with Crippen LogP contribution in [0.4, 0.5) is 0 Å². The Balaban J connectivity index is 1.74. The lowest BCUT2D eigenvalue weighted by Gasteiger charge is -2.32. The summed E-state index contributed by atoms with van der Waals surface area (Å²) < 4.78 is 5.86. The van der Waals surface area contributed by atoms with E-state index in [0.717, 1.165) is 24.3 Å². The molecule has 1 fully saturated rings. The Morgan fingerprint density at radius 2 is 2.23 bits per heavy atom. The fourth-order valence-corrected chi connectivity index (χ4v) is 3.58. The molecule has 1 saturated heterocycles. The Labute approximate surface area is 134 Å². The van der Waals surface area contributed by atoms with Gasteiger partial charge in [-0.3, -0.25) is 4.79 Å². The standard InChI is InChI=1S/C16H21N3O2S/c1-10(2)16(20)19-8-4-5-12(9-19)14-17-18-15(21-14)13-7-6-11(3)22-13/h6-7,10,12H,4-5,8-9H2,1-3H3/t12-/m0/s1. The van der Waals surface area contributed by atoms with E-state index >= 15 is 0 Å². The van der Waals surface area contributed by atoms with Crippen molar-refractivity contribution in [3.05, 3.63) is 22.9 Å². The van der Waals surface area contributed by atoms with Gasteiger partial charge in [-0.25, -0.2) is 0 Å². The van der Waals surface area contributed by atoms with Crippen LogP contribution in [-0.2, 0) is 4.79 Å². The van der Waals surface area contributed by atoms with Crippen LogP contribution < -0.4 is 0 Å². The minimum Gasteiger partial charge on any atom is -0.420 e. The van der Waals surface area contributed by atoms with E-state index in [-0.39, 0.29) is 17.7 Å². The maximum absolute atomic E-state index is 12.2. The van der Waals surface area contributed by atoms with Gasteiger partial charge in [-0.05, 0) is 31.9 Å². The van der Waals surface area contributed by atoms with Crippen molar-refractivity contribution < 1.29 is 9.21 Å². The summed E-state index contributed by atoms with van der Waals surface area (Å²) in [4.78, 5) is 16.3. The monoisotopic (exact) mass is 319 g/mol. The topological polar surface area (TPSA) is 59.2 Å². The molecule has 0 bridgehead atoms. The predicted octanol–water partition coefficient (Wildman–Crippen LogP) is 3.47. The zero-order chi connectivity index (χ0) is 15.7. The molecule has 0 spiro atoms. The average molecular weight is 319 g/mol. The van der Waals surface area contributed by atoms with E-state index in [1.54, 1.807) is 11.3 Å². The van der Waals surface area contributed by atoms with Gasteiger partial charge in [-0.15, -0.1) is 21.5 Å². The molecule has 2 aromatic rings. The van der Waals surface area contributed by atoms with E-state index in [9.17, 15) is 4.79 Å². The van der Waals surface area contributed by atoms with E-state index in [2.05, 4.69) is 17.1 Å². The number of likely N-dealkylation sites (tertiary alicyclic amines) is 1. The lowest BCUT2D eigenvalue weighted by atomic mass is 9.97. The summed E-state index contributed by atoms with van der Waals surface area (Å²) in [5.74, 6) is 1.63. The fraction of sp³-hybridized carbons (Fsp3) is 0.562. The van der Waals surface area contributed by atoms with E-state index in [0.29, 0.717) is 18.3 Å². The molecule has 1 atom stereocenters. The van der Waals surface area contributed by atoms with Crippen molar-refractivity contribution >= 4 is 17.2 Å². The molecular weight excluding hydrogens is 298 g/mol. The molecular formula is C16H21N3O2S. The molecule has 0 saturated carbocycles. The molecule has 3 rings (SSSR count). The highest BCUT2D eigenvalue weighted by molar-refractivity contribution is 7.15. The van der Waals surface area contributed by atoms with Crippen LogP contribution in [0.3, 0.4) is 0 Å². The maximum atomic E-state index is 12.2. The van der Waals surface area contributed by atoms with Crippen molar-refractivity contribution in [3.8, 4) is 10.8 Å². The number of piperidine rings is 1. The van der Waals surface area contributed by atoms with Crippen LogP contribution in [0.1, 0.15) is 43.4 Å². The Morgan fingerprint density at radius 1 is 1.41 bits per heavy atom. The van der Waals surface area contributed by atoms with Crippen molar-refractivity contribution in [2.45, 2.75) is 39.5 Å². The van der Waals surface area contributed by atoms with Crippen molar-refractivity contribution in [1.82, 2.24) is 15.1 Å². The van der Waals surface area contributed by atoms with E-state index in [1.807, 2.05) is 30.9 Å². The highest BCUT2D eigenvalue weighted by Gasteiger charge is 2.29. The summed E-state index contributed by atoms with van der Waals surface area (Å²) in [5.41, 5.74) is 0. The second-order valence-electron chi connectivity index (χ2n) is 6.13. The Bertz CT molecular complexity index is 662. The summed E-state index contributed by atoms with van der Waals surface area (Å²) in [6.45, 7) is 7.45. The SMILES string of the molecule is Cc1ccc(-c2nnc([C@H]3CCCN(C(=O)C(C)C)C3)o2)s1. The first-order chi connectivity index (χ1) is 10.5. The van der Waals surface area contributed by atoms with Gasteiger partial charge >= 0.3 is 0 Å². The molecule has 118 valence electrons. The van der Waals surface area contributed by atoms with Crippen LogP contribution >= 0.6 is 11.3 Å². The summed E-state index contributed by atoms with van der Waals surface area (Å²) >= 11 is 1.65. The summed E-state index contributed by atoms with van der Waals surface area (Å²) in [5, 5.41) is 8.39. The van der Waals surface area contributed by atoms with Crippen molar-refractivity contribution in [3.63, 3.8) is 0 Å². The third kappa shape index (κ3) is 3.06. The normalized spacial score (nSPS) is 18.9. The predicted molar refractivity (Wildman–Crippen MR) is 85.7 cm³/mol. The van der Waals surface area contributed by atoms with Crippen molar-refractivity contribution in [2.24, 2.45) is 5.92 Å². The third-order valence-corrected chi connectivity index (χ3v) is 4.96. The van der Waals surface area contributed by atoms with Gasteiger partial charge in [0.2, 0.25) is 11.8 Å². The van der Waals surface area contributed by atoms with E-state index < -0.39 is 0 Å². The van der Waals surface area contributed by atoms with Crippen LogP contribution in [0.15, 0.2) is 16.5 Å². The van der Waals surface area contributed by atoms with Gasteiger partial charge in [0.25, 0.3) is 5.89 Å². The molecule has 22 heavy (non-hydrogen) atoms. The van der Waals surface area contributed by atoms with Gasteiger partial charge in [0.1, 0.15) is 0 Å². The molecule has 0 aromatic carbocycles. The van der Waals surface area contributed by atoms with Crippen LogP contribution in [0.2, 0.25) is 0 Å². The zero-order valence-electron chi connectivity index (χ0n) is 13.2. The molecule has 1 aliphatic heterocycles. The molecule has 3 heterocycles. The fourth-order valence-electron chi connectivity index (χ4n) is 2.79. The molecule has 2 aromatic heterocycles. The largest absolute Gasteiger partial charge is 0.420 e. The van der Waals surface area contributed by atoms with E-state index in [4.69, 9.17) is 4.42 Å². The first-order valence-corrected chi connectivity index (χ1v) is 8.55. The number of amides is 1. The molecule has 0 radical (unpaired) electrons. The Hall–Kier alpha value is -1.69. The molecule has 0 aliphatic carbocycles. The second-order valence-corrected chi connectivity index (χ2v) is 7.42. The average Bonchev–Trinajstić information content (AvgIpc) is 3.15. The summed E-state index contributed by atoms with van der Waals surface area (Å²) in [6.07, 6.45) is 1.98. The highest BCUT2D eigenvalue weighted by atomic mass is 32.1. The number of thiophene rings is 1. The number of hydrogen-bond donors (Lipinski definition) is 0. The number of aromatic nitrogens is 2. The van der Waals surface area contributed by atoms with Gasteiger partial charge in [-0.1, -0.05) is 13.8 Å². The number of carbonyl (C=O) groups is 1. The number of hydrogen-bond acceptors (Lipinski definition) is 5. The molecule has 0 N–H and O–H groups in total. The Morgan fingerprint density at radius 3 is 2.91 bits per heavy atom. The second kappa shape index (κ2) is 6.20. The van der Waals surface area contributed by atoms with E-state index in [1.165, 1.54) is 4.88 Å². The Kier molecular flexibility index (Phi) is 4.29. The molecule has 5 nitrogen and oxygen atoms in total. The number of aryl methyl sites for hydroxylation is 1. The highest BCUT2D eigenvalue weighted by Crippen LogP contribution is 2.31. The lowest BCUT2D eigenvalue weighted by Crippen LogP contribution is -2.41. The third-order valence-electron chi connectivity index (χ3n) is 3.97. The minimum atomic E-state index is 0.0334. The summed E-state index contributed by atoms with van der Waals surface area (Å²) in [6, 6.07) is 4.06. The van der Waals surface area contributed by atoms with Crippen molar-refractivity contribution in [1.29, 1.82) is 0 Å². The molecule has 6 heteroatoms. The van der Waals surface area contributed by atoms with Crippen LogP contribution in [0, 0.1) is 12.8 Å². The van der Waals surface area contributed by atoms with Gasteiger partial charge in [0.15, 0.2) is 0 Å². The maximum Gasteiger partial charge on any atom is 0.257 e. The number of rotatable bonds is 3. The number of nitrogens with zero attached hydrogens (tertiary/aromatic N) is 3. The zero-order valence-corrected chi connectivity index (χ0v) is 14.0. The molecule has 1 amide bonds. The lowest BCUT2D eigenvalue weighted by molar-refractivity contribution is -0.135. The van der Waals surface area contributed by atoms with Gasteiger partial charge in [-0.2, -0.15) is 0 Å². The van der Waals surface area contributed by atoms with Crippen LogP contribution in [0.25, 0.3) is 10.8 Å². The molecule has 1 aliphatic rings. The van der Waals surface area contributed by atoms with Crippen LogP contribution in [0.5, 0.6) is 0 Å². The quantitative estimate of drug-likeness (QED) is 0.869. The molecule has 0 unspecified atom stereocenters. The van der Waals surface area contributed by atoms with Crippen molar-refractivity contribution in [2.75, 3.05) is 13.1 Å². The smallest absolute Gasteiger partial charge is 0.257 e. The van der Waals surface area contributed by atoms with Crippen LogP contribution in [-0.4, -0.2) is 34.1 Å². The number of carbonyl (C=O) groups excluding carboxylic acids is 1. The first kappa shape index (κ1) is 15.2.